The van der Waals surface area contributed by atoms with E-state index in [2.05, 4.69) is 29.4 Å². The van der Waals surface area contributed by atoms with E-state index in [4.69, 9.17) is 0 Å². The summed E-state index contributed by atoms with van der Waals surface area (Å²) in [5, 5.41) is 6.43. The van der Waals surface area contributed by atoms with Gasteiger partial charge in [0.05, 0.1) is 0 Å². The first-order valence-corrected chi connectivity index (χ1v) is 7.90. The van der Waals surface area contributed by atoms with E-state index in [1.807, 2.05) is 6.92 Å². The number of likely N-dealkylation sites (tertiary alicyclic amines) is 1. The number of piperidine rings is 1. The van der Waals surface area contributed by atoms with Crippen LogP contribution < -0.4 is 10.6 Å². The molecule has 1 heterocycles. The van der Waals surface area contributed by atoms with E-state index in [-0.39, 0.29) is 11.8 Å². The summed E-state index contributed by atoms with van der Waals surface area (Å²) < 4.78 is 0. The molecule has 1 aliphatic rings. The summed E-state index contributed by atoms with van der Waals surface area (Å²) in [4.78, 5) is 14.5. The molecule has 0 radical (unpaired) electrons. The number of hydrogen-bond acceptors (Lipinski definition) is 3. The normalized spacial score (nSPS) is 19.3. The highest BCUT2D eigenvalue weighted by Gasteiger charge is 2.22. The fourth-order valence-electron chi connectivity index (χ4n) is 2.48. The van der Waals surface area contributed by atoms with Crippen LogP contribution in [0.15, 0.2) is 0 Å². The number of amides is 1. The Bertz CT molecular complexity index is 250. The molecule has 19 heavy (non-hydrogen) atoms. The lowest BCUT2D eigenvalue weighted by atomic mass is 10.0. The molecule has 0 aliphatic carbocycles. The minimum absolute atomic E-state index is 0.0677. The predicted molar refractivity (Wildman–Crippen MR) is 80.2 cm³/mol. The Hall–Kier alpha value is -0.610. The van der Waals surface area contributed by atoms with Gasteiger partial charge in [-0.1, -0.05) is 27.2 Å². The van der Waals surface area contributed by atoms with Crippen LogP contribution in [0.2, 0.25) is 0 Å². The van der Waals surface area contributed by atoms with Crippen molar-refractivity contribution in [2.24, 2.45) is 5.92 Å². The second kappa shape index (κ2) is 9.32. The van der Waals surface area contributed by atoms with Gasteiger partial charge in [0.1, 0.15) is 0 Å². The molecular formula is C15H31N3O. The number of carbonyl (C=O) groups excluding carboxylic acids is 1. The summed E-state index contributed by atoms with van der Waals surface area (Å²) in [6.07, 6.45) is 4.75. The van der Waals surface area contributed by atoms with Gasteiger partial charge in [0, 0.05) is 31.6 Å². The van der Waals surface area contributed by atoms with Crippen LogP contribution in [0.3, 0.4) is 0 Å². The molecular weight excluding hydrogens is 238 g/mol. The maximum Gasteiger partial charge on any atom is 0.224 e. The molecule has 4 heteroatoms. The molecule has 0 aromatic rings. The Kier molecular flexibility index (Phi) is 8.07. The van der Waals surface area contributed by atoms with E-state index in [0.717, 1.165) is 39.0 Å². The third-order valence-corrected chi connectivity index (χ3v) is 3.91. The molecule has 0 bridgehead atoms. The molecule has 4 nitrogen and oxygen atoms in total. The van der Waals surface area contributed by atoms with Gasteiger partial charge in [0.25, 0.3) is 0 Å². The lowest BCUT2D eigenvalue weighted by Crippen LogP contribution is -2.47. The fraction of sp³-hybridized carbons (Fsp3) is 0.933. The first kappa shape index (κ1) is 16.4. The zero-order valence-corrected chi connectivity index (χ0v) is 12.9. The molecule has 0 aromatic carbocycles. The molecule has 1 rings (SSSR count). The zero-order valence-electron chi connectivity index (χ0n) is 12.9. The van der Waals surface area contributed by atoms with Gasteiger partial charge in [-0.05, 0) is 32.4 Å². The smallest absolute Gasteiger partial charge is 0.224 e. The summed E-state index contributed by atoms with van der Waals surface area (Å²) in [6, 6.07) is 0.384. The van der Waals surface area contributed by atoms with Crippen molar-refractivity contribution in [2.75, 3.05) is 32.7 Å². The molecule has 0 spiro atoms. The number of nitrogens with zero attached hydrogens (tertiary/aromatic N) is 1. The molecule has 1 atom stereocenters. The van der Waals surface area contributed by atoms with Gasteiger partial charge in [-0.25, -0.2) is 0 Å². The Balaban J connectivity index is 2.19. The van der Waals surface area contributed by atoms with E-state index < -0.39 is 0 Å². The highest BCUT2D eigenvalue weighted by atomic mass is 16.1. The molecule has 0 aromatic heterocycles. The number of nitrogens with one attached hydrogen (secondary N) is 2. The van der Waals surface area contributed by atoms with E-state index in [1.165, 1.54) is 19.4 Å². The lowest BCUT2D eigenvalue weighted by molar-refractivity contribution is -0.125. The van der Waals surface area contributed by atoms with E-state index in [1.54, 1.807) is 0 Å². The molecule has 1 aliphatic heterocycles. The van der Waals surface area contributed by atoms with Gasteiger partial charge in [0.2, 0.25) is 5.91 Å². The average Bonchev–Trinajstić information content (AvgIpc) is 2.43. The van der Waals surface area contributed by atoms with Gasteiger partial charge in [0.15, 0.2) is 0 Å². The van der Waals surface area contributed by atoms with Crippen molar-refractivity contribution in [3.05, 3.63) is 0 Å². The van der Waals surface area contributed by atoms with Crippen molar-refractivity contribution in [3.63, 3.8) is 0 Å². The van der Waals surface area contributed by atoms with E-state index in [0.29, 0.717) is 6.04 Å². The molecule has 2 N–H and O–H groups in total. The predicted octanol–water partition coefficient (Wildman–Crippen LogP) is 1.61. The largest absolute Gasteiger partial charge is 0.353 e. The molecule has 1 fully saturated rings. The molecule has 1 unspecified atom stereocenters. The molecule has 112 valence electrons. The Labute approximate surface area is 118 Å². The van der Waals surface area contributed by atoms with Gasteiger partial charge in [-0.15, -0.1) is 0 Å². The van der Waals surface area contributed by atoms with Crippen LogP contribution in [0.5, 0.6) is 0 Å². The number of rotatable bonds is 8. The maximum absolute atomic E-state index is 12.0. The highest BCUT2D eigenvalue weighted by molar-refractivity contribution is 5.78. The first-order valence-electron chi connectivity index (χ1n) is 7.90. The summed E-state index contributed by atoms with van der Waals surface area (Å²) in [5.74, 6) is 0.269. The van der Waals surface area contributed by atoms with Crippen molar-refractivity contribution >= 4 is 5.91 Å². The highest BCUT2D eigenvalue weighted by Crippen LogP contribution is 2.11. The topological polar surface area (TPSA) is 44.4 Å². The van der Waals surface area contributed by atoms with Crippen LogP contribution in [0.1, 0.15) is 46.5 Å². The Morgan fingerprint density at radius 1 is 1.32 bits per heavy atom. The van der Waals surface area contributed by atoms with Crippen LogP contribution in [0.4, 0.5) is 0 Å². The number of hydrogen-bond donors (Lipinski definition) is 2. The summed E-state index contributed by atoms with van der Waals surface area (Å²) >= 11 is 0. The molecule has 1 amide bonds. The summed E-state index contributed by atoms with van der Waals surface area (Å²) in [5.41, 5.74) is 0. The van der Waals surface area contributed by atoms with Crippen LogP contribution in [0, 0.1) is 5.92 Å². The zero-order chi connectivity index (χ0) is 14.1. The first-order chi connectivity index (χ1) is 9.17. The second-order valence-electron chi connectivity index (χ2n) is 5.69. The Morgan fingerprint density at radius 2 is 2.00 bits per heavy atom. The molecule has 0 saturated carbocycles. The van der Waals surface area contributed by atoms with Crippen molar-refractivity contribution in [1.82, 2.24) is 15.5 Å². The van der Waals surface area contributed by atoms with E-state index in [9.17, 15) is 4.79 Å². The lowest BCUT2D eigenvalue weighted by Gasteiger charge is -2.32. The van der Waals surface area contributed by atoms with Gasteiger partial charge in [-0.3, -0.25) is 4.79 Å². The molecule has 1 saturated heterocycles. The van der Waals surface area contributed by atoms with Crippen molar-refractivity contribution in [1.29, 1.82) is 0 Å². The minimum Gasteiger partial charge on any atom is -0.353 e. The summed E-state index contributed by atoms with van der Waals surface area (Å²) in [6.45, 7) is 11.5. The van der Waals surface area contributed by atoms with Crippen molar-refractivity contribution in [3.8, 4) is 0 Å². The van der Waals surface area contributed by atoms with Gasteiger partial charge >= 0.3 is 0 Å². The maximum atomic E-state index is 12.0. The van der Waals surface area contributed by atoms with Gasteiger partial charge < -0.3 is 15.5 Å². The third kappa shape index (κ3) is 6.39. The van der Waals surface area contributed by atoms with E-state index >= 15 is 0 Å². The van der Waals surface area contributed by atoms with Crippen LogP contribution in [-0.4, -0.2) is 49.6 Å². The van der Waals surface area contributed by atoms with Crippen LogP contribution in [0.25, 0.3) is 0 Å². The van der Waals surface area contributed by atoms with Crippen molar-refractivity contribution in [2.45, 2.75) is 52.5 Å². The third-order valence-electron chi connectivity index (χ3n) is 3.91. The van der Waals surface area contributed by atoms with Crippen LogP contribution >= 0.6 is 0 Å². The minimum atomic E-state index is 0.0677. The average molecular weight is 269 g/mol. The number of carbonyl (C=O) groups is 1. The Morgan fingerprint density at radius 3 is 2.58 bits per heavy atom. The SMILES string of the molecule is CCCCN1CCC(NC(=O)C(C)CNCC)CC1. The van der Waals surface area contributed by atoms with Crippen molar-refractivity contribution < 1.29 is 4.79 Å². The fourth-order valence-corrected chi connectivity index (χ4v) is 2.48. The summed E-state index contributed by atoms with van der Waals surface area (Å²) in [7, 11) is 0. The quantitative estimate of drug-likeness (QED) is 0.704. The number of unbranched alkanes of at least 4 members (excludes halogenated alkanes) is 1. The van der Waals surface area contributed by atoms with Gasteiger partial charge in [-0.2, -0.15) is 0 Å². The standard InChI is InChI=1S/C15H31N3O/c1-4-6-9-18-10-7-14(8-11-18)17-15(19)13(3)12-16-5-2/h13-14,16H,4-12H2,1-3H3,(H,17,19). The monoisotopic (exact) mass is 269 g/mol. The van der Waals surface area contributed by atoms with Crippen LogP contribution in [-0.2, 0) is 4.79 Å². The second-order valence-corrected chi connectivity index (χ2v) is 5.69.